The lowest BCUT2D eigenvalue weighted by atomic mass is 10.1. The Balaban J connectivity index is 1.81. The fourth-order valence-electron chi connectivity index (χ4n) is 3.28. The normalized spacial score (nSPS) is 10.8. The molecule has 0 radical (unpaired) electrons. The van der Waals surface area contributed by atoms with Gasteiger partial charge in [-0.1, -0.05) is 50.1 Å². The smallest absolute Gasteiger partial charge is 0.267 e. The van der Waals surface area contributed by atoms with Gasteiger partial charge in [-0.2, -0.15) is 16.9 Å². The summed E-state index contributed by atoms with van der Waals surface area (Å²) in [4.78, 5) is 38.1. The number of benzene rings is 2. The predicted octanol–water partition coefficient (Wildman–Crippen LogP) is 3.52. The number of nitrogens with one attached hydrogen (secondary N) is 2. The molecular formula is C23H26N4O3S. The molecule has 0 bridgehead atoms. The highest BCUT2D eigenvalue weighted by Gasteiger charge is 2.17. The van der Waals surface area contributed by atoms with Crippen LogP contribution in [-0.4, -0.2) is 27.9 Å². The molecule has 8 heteroatoms. The highest BCUT2D eigenvalue weighted by atomic mass is 32.2. The Morgan fingerprint density at radius 3 is 2.48 bits per heavy atom. The summed E-state index contributed by atoms with van der Waals surface area (Å²) in [6.45, 7) is 2.52. The minimum Gasteiger partial charge on any atom is -0.267 e. The van der Waals surface area contributed by atoms with E-state index in [1.54, 1.807) is 48.2 Å². The van der Waals surface area contributed by atoms with Crippen LogP contribution in [0.5, 0.6) is 0 Å². The van der Waals surface area contributed by atoms with Crippen LogP contribution in [0, 0.1) is 0 Å². The van der Waals surface area contributed by atoms with Crippen LogP contribution in [0.15, 0.2) is 53.3 Å². The molecule has 2 aromatic carbocycles. The molecule has 0 saturated heterocycles. The van der Waals surface area contributed by atoms with Crippen molar-refractivity contribution in [3.8, 4) is 0 Å². The Morgan fingerprint density at radius 1 is 1.00 bits per heavy atom. The van der Waals surface area contributed by atoms with Gasteiger partial charge in [-0.25, -0.2) is 4.68 Å². The topological polar surface area (TPSA) is 93.1 Å². The molecule has 3 rings (SSSR count). The zero-order chi connectivity index (χ0) is 22.2. The van der Waals surface area contributed by atoms with Crippen LogP contribution in [-0.2, 0) is 12.3 Å². The van der Waals surface area contributed by atoms with Gasteiger partial charge >= 0.3 is 0 Å². The van der Waals surface area contributed by atoms with Gasteiger partial charge in [0, 0.05) is 23.2 Å². The van der Waals surface area contributed by atoms with Gasteiger partial charge in [-0.3, -0.25) is 25.2 Å². The van der Waals surface area contributed by atoms with Gasteiger partial charge in [-0.15, -0.1) is 0 Å². The van der Waals surface area contributed by atoms with Gasteiger partial charge in [0.1, 0.15) is 0 Å². The van der Waals surface area contributed by atoms with E-state index in [1.165, 1.54) is 4.68 Å². The van der Waals surface area contributed by atoms with Crippen molar-refractivity contribution in [2.24, 2.45) is 0 Å². The third kappa shape index (κ3) is 5.52. The molecule has 0 aliphatic carbocycles. The number of aryl methyl sites for hydroxylation is 1. The molecule has 7 nitrogen and oxygen atoms in total. The van der Waals surface area contributed by atoms with Gasteiger partial charge < -0.3 is 0 Å². The van der Waals surface area contributed by atoms with Crippen LogP contribution in [0.25, 0.3) is 10.8 Å². The van der Waals surface area contributed by atoms with Crippen LogP contribution in [0.1, 0.15) is 52.6 Å². The van der Waals surface area contributed by atoms with Crippen molar-refractivity contribution in [2.45, 2.75) is 38.5 Å². The van der Waals surface area contributed by atoms with Crippen LogP contribution in [0.2, 0.25) is 0 Å². The fourth-order valence-corrected chi connectivity index (χ4v) is 3.79. The third-order valence-corrected chi connectivity index (χ3v) is 5.47. The Kier molecular flexibility index (Phi) is 7.83. The number of amides is 2. The third-order valence-electron chi connectivity index (χ3n) is 4.85. The number of aromatic nitrogens is 2. The predicted molar refractivity (Wildman–Crippen MR) is 124 cm³/mol. The quantitative estimate of drug-likeness (QED) is 0.415. The highest BCUT2D eigenvalue weighted by molar-refractivity contribution is 7.97. The maximum Gasteiger partial charge on any atom is 0.290 e. The van der Waals surface area contributed by atoms with Crippen molar-refractivity contribution in [1.29, 1.82) is 0 Å². The number of carbonyl (C=O) groups is 2. The summed E-state index contributed by atoms with van der Waals surface area (Å²) >= 11 is 1.66. The largest absolute Gasteiger partial charge is 0.290 e. The van der Waals surface area contributed by atoms with Gasteiger partial charge in [-0.05, 0) is 36.4 Å². The number of hydrogen-bond acceptors (Lipinski definition) is 5. The van der Waals surface area contributed by atoms with Crippen LogP contribution >= 0.6 is 11.8 Å². The van der Waals surface area contributed by atoms with Crippen molar-refractivity contribution < 1.29 is 9.59 Å². The first-order valence-corrected chi connectivity index (χ1v) is 11.6. The second-order valence-corrected chi connectivity index (χ2v) is 8.04. The number of carbonyl (C=O) groups excluding carboxylic acids is 2. The number of nitrogens with zero attached hydrogens (tertiary/aromatic N) is 2. The Morgan fingerprint density at radius 2 is 1.74 bits per heavy atom. The van der Waals surface area contributed by atoms with Gasteiger partial charge in [0.15, 0.2) is 5.69 Å². The number of hydrogen-bond donors (Lipinski definition) is 2. The Hall–Kier alpha value is -3.13. The van der Waals surface area contributed by atoms with E-state index in [2.05, 4.69) is 22.9 Å². The van der Waals surface area contributed by atoms with Crippen molar-refractivity contribution in [2.75, 3.05) is 6.26 Å². The Bertz CT molecular complexity index is 1140. The van der Waals surface area contributed by atoms with E-state index in [-0.39, 0.29) is 11.3 Å². The average Bonchev–Trinajstić information content (AvgIpc) is 2.79. The van der Waals surface area contributed by atoms with Crippen LogP contribution in [0.3, 0.4) is 0 Å². The summed E-state index contributed by atoms with van der Waals surface area (Å²) in [6.07, 6.45) is 4.77. The van der Waals surface area contributed by atoms with Crippen molar-refractivity contribution in [1.82, 2.24) is 20.6 Å². The molecule has 0 atom stereocenters. The number of fused-ring (bicyclic) bond motifs is 1. The molecule has 0 saturated carbocycles. The van der Waals surface area contributed by atoms with Crippen molar-refractivity contribution in [3.05, 3.63) is 75.7 Å². The molecular weight excluding hydrogens is 412 g/mol. The first-order valence-electron chi connectivity index (χ1n) is 10.2. The van der Waals surface area contributed by atoms with E-state index in [9.17, 15) is 14.4 Å². The number of thioether (sulfide) groups is 1. The molecule has 0 aliphatic heterocycles. The summed E-state index contributed by atoms with van der Waals surface area (Å²) in [7, 11) is 0. The van der Waals surface area contributed by atoms with Crippen molar-refractivity contribution >= 4 is 34.3 Å². The van der Waals surface area contributed by atoms with E-state index >= 15 is 0 Å². The van der Waals surface area contributed by atoms with Gasteiger partial charge in [0.05, 0.1) is 5.39 Å². The summed E-state index contributed by atoms with van der Waals surface area (Å²) in [5.41, 5.74) is 6.23. The van der Waals surface area contributed by atoms with E-state index in [0.29, 0.717) is 22.9 Å². The van der Waals surface area contributed by atoms with E-state index in [4.69, 9.17) is 0 Å². The molecule has 0 unspecified atom stereocenters. The Labute approximate surface area is 185 Å². The molecule has 31 heavy (non-hydrogen) atoms. The van der Waals surface area contributed by atoms with E-state index < -0.39 is 11.8 Å². The van der Waals surface area contributed by atoms with Gasteiger partial charge in [0.2, 0.25) is 0 Å². The fraction of sp³-hybridized carbons (Fsp3) is 0.304. The SMILES string of the molecule is CCCCCn1nc(C(=O)NNC(=O)c2cccc(CSC)c2)c2ccccc2c1=O. The first kappa shape index (κ1) is 22.6. The second-order valence-electron chi connectivity index (χ2n) is 7.17. The lowest BCUT2D eigenvalue weighted by Crippen LogP contribution is -2.42. The highest BCUT2D eigenvalue weighted by Crippen LogP contribution is 2.14. The molecule has 2 N–H and O–H groups in total. The molecule has 1 heterocycles. The van der Waals surface area contributed by atoms with E-state index in [1.807, 2.05) is 18.4 Å². The second kappa shape index (κ2) is 10.8. The lowest BCUT2D eigenvalue weighted by Gasteiger charge is -2.12. The first-order chi connectivity index (χ1) is 15.0. The van der Waals surface area contributed by atoms with Gasteiger partial charge in [0.25, 0.3) is 17.4 Å². The summed E-state index contributed by atoms with van der Waals surface area (Å²) in [5.74, 6) is -0.200. The minimum atomic E-state index is -0.575. The summed E-state index contributed by atoms with van der Waals surface area (Å²) in [6, 6.07) is 14.1. The van der Waals surface area contributed by atoms with E-state index in [0.717, 1.165) is 30.6 Å². The molecule has 0 fully saturated rings. The number of unbranched alkanes of at least 4 members (excludes halogenated alkanes) is 2. The molecule has 0 spiro atoms. The maximum atomic E-state index is 12.9. The lowest BCUT2D eigenvalue weighted by molar-refractivity contribution is 0.0843. The number of hydrazine groups is 1. The molecule has 0 aliphatic rings. The van der Waals surface area contributed by atoms with Crippen molar-refractivity contribution in [3.63, 3.8) is 0 Å². The monoisotopic (exact) mass is 438 g/mol. The summed E-state index contributed by atoms with van der Waals surface area (Å²) < 4.78 is 1.33. The maximum absolute atomic E-state index is 12.9. The molecule has 1 aromatic heterocycles. The standard InChI is InChI=1S/C23H26N4O3S/c1-3-4-7-13-27-23(30)19-12-6-5-11-18(19)20(26-27)22(29)25-24-21(28)17-10-8-9-16(14-17)15-31-2/h5-6,8-12,14H,3-4,7,13,15H2,1-2H3,(H,24,28)(H,25,29). The average molecular weight is 439 g/mol. The van der Waals surface area contributed by atoms with Crippen LogP contribution in [0.4, 0.5) is 0 Å². The van der Waals surface area contributed by atoms with Crippen LogP contribution < -0.4 is 16.4 Å². The number of rotatable bonds is 8. The zero-order valence-corrected chi connectivity index (χ0v) is 18.5. The molecule has 2 amide bonds. The summed E-state index contributed by atoms with van der Waals surface area (Å²) in [5, 5.41) is 5.18. The molecule has 162 valence electrons. The zero-order valence-electron chi connectivity index (χ0n) is 17.7. The molecule has 3 aromatic rings. The minimum absolute atomic E-state index is 0.100.